The van der Waals surface area contributed by atoms with E-state index in [1.54, 1.807) is 6.92 Å². The summed E-state index contributed by atoms with van der Waals surface area (Å²) >= 11 is 0. The average Bonchev–Trinajstić information content (AvgIpc) is 2.23. The summed E-state index contributed by atoms with van der Waals surface area (Å²) in [5.74, 6) is -0.703. The van der Waals surface area contributed by atoms with E-state index in [1.807, 2.05) is 20.8 Å². The summed E-state index contributed by atoms with van der Waals surface area (Å²) in [7, 11) is -2.10. The van der Waals surface area contributed by atoms with Crippen LogP contribution in [-0.2, 0) is 23.5 Å². The van der Waals surface area contributed by atoms with Crippen LogP contribution in [0.15, 0.2) is 0 Å². The highest BCUT2D eigenvalue weighted by atomic mass is 28.4. The lowest BCUT2D eigenvalue weighted by Gasteiger charge is -2.39. The zero-order valence-corrected chi connectivity index (χ0v) is 17.2. The maximum absolute atomic E-state index is 12.1. The van der Waals surface area contributed by atoms with Gasteiger partial charge in [-0.25, -0.2) is 0 Å². The first-order valence-corrected chi connectivity index (χ1v) is 11.1. The first-order chi connectivity index (χ1) is 10.2. The van der Waals surface area contributed by atoms with Crippen LogP contribution >= 0.6 is 0 Å². The molecule has 0 rings (SSSR count). The van der Waals surface area contributed by atoms with Crippen LogP contribution in [-0.4, -0.2) is 38.6 Å². The Morgan fingerprint density at radius 1 is 0.957 bits per heavy atom. The Labute approximate surface area is 142 Å². The topological polar surface area (TPSA) is 61.8 Å². The molecule has 0 heterocycles. The second-order valence-corrected chi connectivity index (χ2v) is 13.1. The molecular formula is C17H34O5Si. The van der Waals surface area contributed by atoms with E-state index in [2.05, 4.69) is 33.9 Å². The van der Waals surface area contributed by atoms with Crippen molar-refractivity contribution < 1.29 is 23.5 Å². The van der Waals surface area contributed by atoms with E-state index >= 15 is 0 Å². The van der Waals surface area contributed by atoms with E-state index in [4.69, 9.17) is 13.9 Å². The third kappa shape index (κ3) is 9.10. The lowest BCUT2D eigenvalue weighted by molar-refractivity contribution is -0.157. The maximum atomic E-state index is 12.1. The first kappa shape index (κ1) is 22.1. The number of ether oxygens (including phenoxy) is 2. The Kier molecular flexibility index (Phi) is 7.97. The molecule has 0 aliphatic carbocycles. The van der Waals surface area contributed by atoms with Gasteiger partial charge in [0.15, 0.2) is 8.32 Å². The van der Waals surface area contributed by atoms with Crippen LogP contribution in [0.2, 0.25) is 18.1 Å². The van der Waals surface area contributed by atoms with Crippen molar-refractivity contribution in [3.8, 4) is 0 Å². The second-order valence-electron chi connectivity index (χ2n) is 8.30. The standard InChI is InChI=1S/C17H34O5Si/c1-10-20-14(18)11-13(12-15(19)21-16(2,3)4)22-23(8,9)17(5,6)7/h13H,10-12H2,1-9H3/t13-/m1/s1. The Morgan fingerprint density at radius 2 is 1.43 bits per heavy atom. The quantitative estimate of drug-likeness (QED) is 0.514. The molecule has 6 heteroatoms. The fraction of sp³-hybridized carbons (Fsp3) is 0.882. The van der Waals surface area contributed by atoms with E-state index in [-0.39, 0.29) is 29.8 Å². The van der Waals surface area contributed by atoms with Gasteiger partial charge in [-0.1, -0.05) is 20.8 Å². The zero-order chi connectivity index (χ0) is 18.5. The number of carbonyl (C=O) groups is 2. The molecule has 0 aromatic heterocycles. The van der Waals surface area contributed by atoms with Crippen LogP contribution in [0.25, 0.3) is 0 Å². The van der Waals surface area contributed by atoms with Crippen molar-refractivity contribution in [2.45, 2.75) is 91.1 Å². The molecule has 0 bridgehead atoms. The molecule has 136 valence electrons. The lowest BCUT2D eigenvalue weighted by atomic mass is 10.1. The Morgan fingerprint density at radius 3 is 1.83 bits per heavy atom. The minimum atomic E-state index is -2.10. The highest BCUT2D eigenvalue weighted by Gasteiger charge is 2.40. The molecule has 0 N–H and O–H groups in total. The van der Waals surface area contributed by atoms with Gasteiger partial charge in [0, 0.05) is 0 Å². The van der Waals surface area contributed by atoms with Gasteiger partial charge in [-0.15, -0.1) is 0 Å². The largest absolute Gasteiger partial charge is 0.466 e. The summed E-state index contributed by atoms with van der Waals surface area (Å²) in [6.45, 7) is 18.1. The Balaban J connectivity index is 5.02. The Hall–Kier alpha value is -0.883. The van der Waals surface area contributed by atoms with Gasteiger partial charge in [-0.3, -0.25) is 9.59 Å². The zero-order valence-electron chi connectivity index (χ0n) is 16.2. The van der Waals surface area contributed by atoms with E-state index in [1.165, 1.54) is 0 Å². The second kappa shape index (κ2) is 8.28. The number of carbonyl (C=O) groups excluding carboxylic acids is 2. The van der Waals surface area contributed by atoms with Crippen molar-refractivity contribution in [1.29, 1.82) is 0 Å². The predicted octanol–water partition coefficient (Wildman–Crippen LogP) is 4.06. The first-order valence-electron chi connectivity index (χ1n) is 8.23. The van der Waals surface area contributed by atoms with E-state index in [9.17, 15) is 9.59 Å². The van der Waals surface area contributed by atoms with Crippen molar-refractivity contribution in [2.24, 2.45) is 0 Å². The van der Waals surface area contributed by atoms with Gasteiger partial charge >= 0.3 is 11.9 Å². The summed E-state index contributed by atoms with van der Waals surface area (Å²) in [5.41, 5.74) is -0.553. The molecule has 0 aliphatic rings. The number of rotatable bonds is 7. The van der Waals surface area contributed by atoms with Gasteiger partial charge < -0.3 is 13.9 Å². The summed E-state index contributed by atoms with van der Waals surface area (Å²) in [5, 5.41) is -0.00611. The lowest BCUT2D eigenvalue weighted by Crippen LogP contribution is -2.45. The predicted molar refractivity (Wildman–Crippen MR) is 93.8 cm³/mol. The molecule has 0 unspecified atom stereocenters. The minimum absolute atomic E-state index is 0.00611. The summed E-state index contributed by atoms with van der Waals surface area (Å²) in [6.07, 6.45) is -0.382. The van der Waals surface area contributed by atoms with Gasteiger partial charge in [0.1, 0.15) is 5.60 Å². The molecular weight excluding hydrogens is 312 g/mol. The molecule has 0 amide bonds. The monoisotopic (exact) mass is 346 g/mol. The van der Waals surface area contributed by atoms with Crippen LogP contribution < -0.4 is 0 Å². The van der Waals surface area contributed by atoms with Gasteiger partial charge in [-0.05, 0) is 45.8 Å². The van der Waals surface area contributed by atoms with Gasteiger partial charge in [0.05, 0.1) is 25.6 Å². The van der Waals surface area contributed by atoms with Crippen molar-refractivity contribution in [1.82, 2.24) is 0 Å². The van der Waals surface area contributed by atoms with E-state index < -0.39 is 20.0 Å². The SMILES string of the molecule is CCOC(=O)C[C@H](CC(=O)OC(C)(C)C)O[Si](C)(C)C(C)(C)C. The van der Waals surface area contributed by atoms with Crippen LogP contribution in [0, 0.1) is 0 Å². The molecule has 0 spiro atoms. The molecule has 0 fully saturated rings. The number of esters is 2. The van der Waals surface area contributed by atoms with Crippen LogP contribution in [0.5, 0.6) is 0 Å². The van der Waals surface area contributed by atoms with Crippen molar-refractivity contribution in [3.05, 3.63) is 0 Å². The normalized spacial score (nSPS) is 14.3. The third-order valence-electron chi connectivity index (χ3n) is 3.78. The van der Waals surface area contributed by atoms with Gasteiger partial charge in [0.2, 0.25) is 0 Å². The van der Waals surface area contributed by atoms with E-state index in [0.29, 0.717) is 6.61 Å². The maximum Gasteiger partial charge on any atom is 0.308 e. The summed E-state index contributed by atoms with van der Waals surface area (Å²) in [4.78, 5) is 23.9. The van der Waals surface area contributed by atoms with Crippen LogP contribution in [0.3, 0.4) is 0 Å². The number of hydrogen-bond donors (Lipinski definition) is 0. The molecule has 0 radical (unpaired) electrons. The fourth-order valence-electron chi connectivity index (χ4n) is 1.72. The summed E-state index contributed by atoms with van der Waals surface area (Å²) in [6, 6.07) is 0. The third-order valence-corrected chi connectivity index (χ3v) is 8.32. The molecule has 0 aliphatic heterocycles. The fourth-order valence-corrected chi connectivity index (χ4v) is 3.08. The van der Waals surface area contributed by atoms with Crippen LogP contribution in [0.1, 0.15) is 61.3 Å². The van der Waals surface area contributed by atoms with E-state index in [0.717, 1.165) is 0 Å². The van der Waals surface area contributed by atoms with Crippen molar-refractivity contribution in [2.75, 3.05) is 6.61 Å². The van der Waals surface area contributed by atoms with Gasteiger partial charge in [-0.2, -0.15) is 0 Å². The van der Waals surface area contributed by atoms with Gasteiger partial charge in [0.25, 0.3) is 0 Å². The minimum Gasteiger partial charge on any atom is -0.466 e. The molecule has 23 heavy (non-hydrogen) atoms. The summed E-state index contributed by atoms with van der Waals surface area (Å²) < 4.78 is 16.6. The molecule has 0 saturated carbocycles. The Bertz CT molecular complexity index is 404. The molecule has 1 atom stereocenters. The molecule has 5 nitrogen and oxygen atoms in total. The average molecular weight is 347 g/mol. The molecule has 0 saturated heterocycles. The van der Waals surface area contributed by atoms with Crippen LogP contribution in [0.4, 0.5) is 0 Å². The number of hydrogen-bond acceptors (Lipinski definition) is 5. The smallest absolute Gasteiger partial charge is 0.308 e. The molecule has 0 aromatic carbocycles. The molecule has 0 aromatic rings. The highest BCUT2D eigenvalue weighted by molar-refractivity contribution is 6.74. The highest BCUT2D eigenvalue weighted by Crippen LogP contribution is 2.38. The van der Waals surface area contributed by atoms with Crippen molar-refractivity contribution in [3.63, 3.8) is 0 Å². The van der Waals surface area contributed by atoms with Crippen molar-refractivity contribution >= 4 is 20.3 Å².